The summed E-state index contributed by atoms with van der Waals surface area (Å²) in [6, 6.07) is 20.4. The zero-order chi connectivity index (χ0) is 42.1. The predicted molar refractivity (Wildman–Crippen MR) is 234 cm³/mol. The van der Waals surface area contributed by atoms with Gasteiger partial charge in [-0.15, -0.1) is 0 Å². The van der Waals surface area contributed by atoms with E-state index in [1.54, 1.807) is 0 Å². The van der Waals surface area contributed by atoms with Crippen LogP contribution in [0.5, 0.6) is 11.5 Å². The first kappa shape index (κ1) is 45.0. The minimum Gasteiger partial charge on any atom is -0.481 e. The molecule has 306 valence electrons. The Morgan fingerprint density at radius 3 is 1.14 bits per heavy atom. The van der Waals surface area contributed by atoms with Crippen LogP contribution >= 0.6 is 0 Å². The van der Waals surface area contributed by atoms with Crippen LogP contribution < -0.4 is 9.47 Å². The number of ether oxygens (including phenoxy) is 4. The normalized spacial score (nSPS) is 13.2. The van der Waals surface area contributed by atoms with Gasteiger partial charge in [0.15, 0.2) is 29.8 Å². The molecule has 10 heteroatoms. The largest absolute Gasteiger partial charge is 0.481 e. The highest BCUT2D eigenvalue weighted by Gasteiger charge is 2.39. The van der Waals surface area contributed by atoms with Crippen molar-refractivity contribution >= 4 is 50.1 Å². The molecule has 0 amide bonds. The van der Waals surface area contributed by atoms with Crippen LogP contribution in [-0.2, 0) is 41.1 Å². The van der Waals surface area contributed by atoms with Crippen LogP contribution in [0.15, 0.2) is 60.7 Å². The van der Waals surface area contributed by atoms with Gasteiger partial charge in [-0.2, -0.15) is 0 Å². The Labute approximate surface area is 337 Å². The minimum absolute atomic E-state index is 0.0401. The van der Waals surface area contributed by atoms with Crippen molar-refractivity contribution < 1.29 is 37.4 Å². The summed E-state index contributed by atoms with van der Waals surface area (Å²) in [5, 5.41) is 3.62. The van der Waals surface area contributed by atoms with E-state index in [0.29, 0.717) is 11.5 Å². The summed E-state index contributed by atoms with van der Waals surface area (Å²) >= 11 is 0. The van der Waals surface area contributed by atoms with Crippen LogP contribution in [0.4, 0.5) is 0 Å². The van der Waals surface area contributed by atoms with Gasteiger partial charge >= 0.3 is 11.9 Å². The maximum Gasteiger partial charge on any atom is 0.344 e. The molecule has 4 rings (SSSR count). The zero-order valence-electron chi connectivity index (χ0n) is 36.9. The summed E-state index contributed by atoms with van der Waals surface area (Å²) in [5.41, 5.74) is 1.64. The Morgan fingerprint density at radius 1 is 0.518 bits per heavy atom. The average molecular weight is 803 g/mol. The third-order valence-corrected chi connectivity index (χ3v) is 19.7. The minimum atomic E-state index is -2.24. The molecular weight excluding hydrogens is 737 g/mol. The zero-order valence-corrected chi connectivity index (χ0v) is 38.9. The molecule has 0 radical (unpaired) electrons. The third-order valence-electron chi connectivity index (χ3n) is 10.7. The van der Waals surface area contributed by atoms with E-state index in [2.05, 4.69) is 104 Å². The first-order valence-corrected chi connectivity index (χ1v) is 25.5. The van der Waals surface area contributed by atoms with Gasteiger partial charge in [0.25, 0.3) is 0 Å². The van der Waals surface area contributed by atoms with E-state index in [0.717, 1.165) is 43.8 Å². The highest BCUT2D eigenvalue weighted by molar-refractivity contribution is 6.74. The molecule has 0 saturated heterocycles. The number of fused-ring (bicyclic) bond motifs is 2. The molecule has 0 unspecified atom stereocenters. The van der Waals surface area contributed by atoms with E-state index in [9.17, 15) is 9.59 Å². The molecule has 0 aromatic heterocycles. The molecule has 0 saturated carbocycles. The van der Waals surface area contributed by atoms with Crippen LogP contribution in [0.1, 0.15) is 94.2 Å². The molecule has 0 bridgehead atoms. The van der Waals surface area contributed by atoms with Gasteiger partial charge in [0, 0.05) is 22.3 Å². The SMILES string of the molecule is CC(C)(C)OC(=O)COc1c(CO[Si](C)(C)C(C)(C)C)cc2ccccc2c1-c1c(OCC(=O)OC(C)(C)C)c(CO[Si](C)(C)C(C)(C)C)cc2ccccc12. The fourth-order valence-electron chi connectivity index (χ4n) is 5.77. The smallest absolute Gasteiger partial charge is 0.344 e. The van der Waals surface area contributed by atoms with E-state index in [1.165, 1.54) is 0 Å². The van der Waals surface area contributed by atoms with Gasteiger partial charge in [-0.25, -0.2) is 9.59 Å². The summed E-state index contributed by atoms with van der Waals surface area (Å²) in [6.07, 6.45) is 0. The molecule has 0 aliphatic heterocycles. The van der Waals surface area contributed by atoms with E-state index in [4.69, 9.17) is 27.8 Å². The number of rotatable bonds is 13. The lowest BCUT2D eigenvalue weighted by atomic mass is 9.89. The number of benzene rings is 4. The van der Waals surface area contributed by atoms with Crippen molar-refractivity contribution in [2.45, 2.75) is 144 Å². The number of carbonyl (C=O) groups is 2. The maximum absolute atomic E-state index is 13.3. The maximum atomic E-state index is 13.3. The molecule has 0 N–H and O–H groups in total. The van der Waals surface area contributed by atoms with Gasteiger partial charge in [0.05, 0.1) is 13.2 Å². The summed E-state index contributed by atoms with van der Waals surface area (Å²) in [7, 11) is -4.48. The first-order valence-electron chi connectivity index (χ1n) is 19.7. The number of hydrogen-bond donors (Lipinski definition) is 0. The fourth-order valence-corrected chi connectivity index (χ4v) is 7.67. The lowest BCUT2D eigenvalue weighted by Gasteiger charge is -2.36. The van der Waals surface area contributed by atoms with Crippen LogP contribution in [0, 0.1) is 0 Å². The van der Waals surface area contributed by atoms with Crippen molar-refractivity contribution in [1.29, 1.82) is 0 Å². The summed E-state index contributed by atoms with van der Waals surface area (Å²) in [5.74, 6) is -0.00249. The monoisotopic (exact) mass is 802 g/mol. The van der Waals surface area contributed by atoms with E-state index in [-0.39, 0.29) is 36.5 Å². The topological polar surface area (TPSA) is 89.5 Å². The van der Waals surface area contributed by atoms with Crippen LogP contribution in [0.25, 0.3) is 32.7 Å². The Hall–Kier alpha value is -3.71. The molecule has 56 heavy (non-hydrogen) atoms. The molecular formula is C46H66O8Si2. The molecule has 0 aliphatic rings. The average Bonchev–Trinajstić information content (AvgIpc) is 3.04. The Kier molecular flexibility index (Phi) is 13.4. The van der Waals surface area contributed by atoms with Crippen molar-refractivity contribution in [3.8, 4) is 22.6 Å². The lowest BCUT2D eigenvalue weighted by Crippen LogP contribution is -2.40. The number of carbonyl (C=O) groups excluding carboxylic acids is 2. The highest BCUT2D eigenvalue weighted by atomic mass is 28.4. The second kappa shape index (κ2) is 16.6. The molecule has 4 aromatic carbocycles. The second-order valence-electron chi connectivity index (χ2n) is 19.8. The predicted octanol–water partition coefficient (Wildman–Crippen LogP) is 12.1. The van der Waals surface area contributed by atoms with Crippen LogP contribution in [0.3, 0.4) is 0 Å². The molecule has 0 atom stereocenters. The van der Waals surface area contributed by atoms with Gasteiger partial charge in [0.1, 0.15) is 22.7 Å². The van der Waals surface area contributed by atoms with Crippen LogP contribution in [0.2, 0.25) is 36.3 Å². The second-order valence-corrected chi connectivity index (χ2v) is 29.4. The van der Waals surface area contributed by atoms with Gasteiger partial charge in [-0.1, -0.05) is 90.1 Å². The Morgan fingerprint density at radius 2 is 0.839 bits per heavy atom. The Bertz CT molecular complexity index is 1890. The standard InChI is InChI=1S/C46H66O8Si2/c1-43(2,3)53-37(47)29-49-41-33(27-51-55(13,14)45(7,8)9)25-31-21-17-19-23-35(31)39(41)40-36-24-20-18-22-32(36)26-34(28-52-56(15,16)46(10,11)12)42(40)50-30-38(48)54-44(4,5)6/h17-26H,27-30H2,1-16H3. The summed E-state index contributed by atoms with van der Waals surface area (Å²) < 4.78 is 38.5. The number of hydrogen-bond acceptors (Lipinski definition) is 8. The molecule has 0 aliphatic carbocycles. The molecule has 0 spiro atoms. The van der Waals surface area contributed by atoms with E-state index < -0.39 is 39.8 Å². The quantitative estimate of drug-likeness (QED) is 0.0975. The van der Waals surface area contributed by atoms with Crippen molar-refractivity contribution in [3.63, 3.8) is 0 Å². The van der Waals surface area contributed by atoms with Crippen molar-refractivity contribution in [2.75, 3.05) is 13.2 Å². The lowest BCUT2D eigenvalue weighted by molar-refractivity contribution is -0.158. The molecule has 4 aromatic rings. The highest BCUT2D eigenvalue weighted by Crippen LogP contribution is 2.50. The Balaban J connectivity index is 2.11. The van der Waals surface area contributed by atoms with Gasteiger partial charge in [-0.05, 0) is 111 Å². The number of esters is 2. The van der Waals surface area contributed by atoms with Crippen molar-refractivity contribution in [1.82, 2.24) is 0 Å². The van der Waals surface area contributed by atoms with Crippen molar-refractivity contribution in [2.24, 2.45) is 0 Å². The van der Waals surface area contributed by atoms with E-state index >= 15 is 0 Å². The van der Waals surface area contributed by atoms with Crippen molar-refractivity contribution in [3.05, 3.63) is 71.8 Å². The van der Waals surface area contributed by atoms with Gasteiger partial charge < -0.3 is 27.8 Å². The summed E-state index contributed by atoms with van der Waals surface area (Å²) in [6.45, 7) is 33.0. The third kappa shape index (κ3) is 11.2. The first-order chi connectivity index (χ1) is 25.6. The van der Waals surface area contributed by atoms with Crippen LogP contribution in [-0.4, -0.2) is 53.0 Å². The molecule has 0 fully saturated rings. The molecule has 0 heterocycles. The fraction of sp³-hybridized carbons (Fsp3) is 0.522. The van der Waals surface area contributed by atoms with Gasteiger partial charge in [0.2, 0.25) is 0 Å². The molecule has 8 nitrogen and oxygen atoms in total. The summed E-state index contributed by atoms with van der Waals surface area (Å²) in [4.78, 5) is 26.7. The van der Waals surface area contributed by atoms with Gasteiger partial charge in [-0.3, -0.25) is 0 Å². The van der Waals surface area contributed by atoms with E-state index in [1.807, 2.05) is 65.8 Å².